The number of nitrogens with two attached hydrogens (primary N) is 1. The summed E-state index contributed by atoms with van der Waals surface area (Å²) >= 11 is 1.45. The molecule has 1 amide bonds. The number of hydrogen-bond donors (Lipinski definition) is 2. The number of oxazole rings is 1. The minimum atomic E-state index is 0.107. The highest BCUT2D eigenvalue weighted by Crippen LogP contribution is 2.25. The lowest BCUT2D eigenvalue weighted by atomic mass is 10.3. The zero-order valence-electron chi connectivity index (χ0n) is 10.4. The van der Waals surface area contributed by atoms with Gasteiger partial charge in [-0.15, -0.1) is 0 Å². The molecule has 0 atom stereocenters. The first-order chi connectivity index (χ1) is 9.20. The highest BCUT2D eigenvalue weighted by atomic mass is 32.2. The van der Waals surface area contributed by atoms with Gasteiger partial charge in [0.25, 0.3) is 5.22 Å². The van der Waals surface area contributed by atoms with E-state index in [0.717, 1.165) is 23.9 Å². The molecule has 0 radical (unpaired) electrons. The molecule has 1 fully saturated rings. The van der Waals surface area contributed by atoms with Gasteiger partial charge < -0.3 is 15.5 Å². The van der Waals surface area contributed by atoms with Crippen LogP contribution in [0.3, 0.4) is 0 Å². The minimum absolute atomic E-state index is 0.107. The van der Waals surface area contributed by atoms with Crippen LogP contribution in [0.2, 0.25) is 0 Å². The lowest BCUT2D eigenvalue weighted by Gasteiger charge is -2.00. The molecular formula is C13H15N3O2S. The predicted molar refractivity (Wildman–Crippen MR) is 74.9 cm³/mol. The summed E-state index contributed by atoms with van der Waals surface area (Å²) in [5, 5.41) is 3.54. The number of benzene rings is 1. The third kappa shape index (κ3) is 3.20. The number of hydrogen-bond acceptors (Lipinski definition) is 5. The molecule has 0 spiro atoms. The molecule has 1 aliphatic rings. The maximum absolute atomic E-state index is 11.5. The first kappa shape index (κ1) is 12.3. The zero-order valence-corrected chi connectivity index (χ0v) is 11.2. The van der Waals surface area contributed by atoms with Gasteiger partial charge in [-0.25, -0.2) is 4.98 Å². The molecule has 6 heteroatoms. The normalized spacial score (nSPS) is 14.7. The molecule has 0 bridgehead atoms. The van der Waals surface area contributed by atoms with Gasteiger partial charge in [0.15, 0.2) is 5.58 Å². The number of carbonyl (C=O) groups excluding carboxylic acids is 1. The topological polar surface area (TPSA) is 81.1 Å². The summed E-state index contributed by atoms with van der Waals surface area (Å²) in [6.45, 7) is 0. The van der Waals surface area contributed by atoms with Crippen LogP contribution in [-0.2, 0) is 4.79 Å². The molecule has 2 aromatic rings. The summed E-state index contributed by atoms with van der Waals surface area (Å²) in [7, 11) is 0. The summed E-state index contributed by atoms with van der Waals surface area (Å²) in [5.41, 5.74) is 7.83. The Morgan fingerprint density at radius 1 is 1.53 bits per heavy atom. The lowest BCUT2D eigenvalue weighted by Crippen LogP contribution is -2.25. The smallest absolute Gasteiger partial charge is 0.256 e. The van der Waals surface area contributed by atoms with Crippen LogP contribution in [0, 0.1) is 0 Å². The number of nitrogens with zero attached hydrogens (tertiary/aromatic N) is 1. The number of nitrogens with one attached hydrogen (secondary N) is 1. The van der Waals surface area contributed by atoms with E-state index in [2.05, 4.69) is 10.3 Å². The van der Waals surface area contributed by atoms with E-state index in [1.54, 1.807) is 12.1 Å². The number of rotatable bonds is 5. The Kier molecular flexibility index (Phi) is 3.33. The van der Waals surface area contributed by atoms with E-state index in [0.29, 0.717) is 29.1 Å². The third-order valence-corrected chi connectivity index (χ3v) is 3.72. The van der Waals surface area contributed by atoms with Crippen molar-refractivity contribution in [2.75, 3.05) is 11.5 Å². The van der Waals surface area contributed by atoms with E-state index in [4.69, 9.17) is 10.2 Å². The van der Waals surface area contributed by atoms with E-state index in [1.807, 2.05) is 6.07 Å². The highest BCUT2D eigenvalue weighted by molar-refractivity contribution is 7.99. The Morgan fingerprint density at radius 3 is 3.16 bits per heavy atom. The number of anilines is 1. The molecule has 3 rings (SSSR count). The summed E-state index contributed by atoms with van der Waals surface area (Å²) in [5.74, 6) is 0.774. The van der Waals surface area contributed by atoms with Gasteiger partial charge in [0.05, 0.1) is 0 Å². The van der Waals surface area contributed by atoms with Crippen molar-refractivity contribution in [1.82, 2.24) is 10.3 Å². The average molecular weight is 277 g/mol. The van der Waals surface area contributed by atoms with Crippen molar-refractivity contribution in [1.29, 1.82) is 0 Å². The molecule has 100 valence electrons. The SMILES string of the molecule is Nc1ccc2oc(SCCC(=O)NC3CC3)nc2c1. The van der Waals surface area contributed by atoms with E-state index in [-0.39, 0.29) is 5.91 Å². The van der Waals surface area contributed by atoms with Gasteiger partial charge in [0.1, 0.15) is 5.52 Å². The molecule has 1 saturated carbocycles. The van der Waals surface area contributed by atoms with Crippen molar-refractivity contribution in [3.8, 4) is 0 Å². The Labute approximate surface area is 114 Å². The van der Waals surface area contributed by atoms with Crippen LogP contribution in [0.5, 0.6) is 0 Å². The quantitative estimate of drug-likeness (QED) is 0.646. The summed E-state index contributed by atoms with van der Waals surface area (Å²) in [6.07, 6.45) is 2.72. The standard InChI is InChI=1S/C13H15N3O2S/c14-8-1-4-11-10(7-8)16-13(18-11)19-6-5-12(17)15-9-2-3-9/h1,4,7,9H,2-3,5-6,14H2,(H,15,17). The zero-order chi connectivity index (χ0) is 13.2. The fraction of sp³-hybridized carbons (Fsp3) is 0.385. The second-order valence-electron chi connectivity index (χ2n) is 4.65. The minimum Gasteiger partial charge on any atom is -0.431 e. The Bertz CT molecular complexity index is 607. The van der Waals surface area contributed by atoms with E-state index < -0.39 is 0 Å². The molecular weight excluding hydrogens is 262 g/mol. The molecule has 1 aromatic heterocycles. The van der Waals surface area contributed by atoms with Crippen molar-refractivity contribution in [2.24, 2.45) is 0 Å². The van der Waals surface area contributed by atoms with E-state index in [1.165, 1.54) is 11.8 Å². The van der Waals surface area contributed by atoms with Gasteiger partial charge in [-0.1, -0.05) is 11.8 Å². The van der Waals surface area contributed by atoms with Crippen molar-refractivity contribution in [2.45, 2.75) is 30.5 Å². The molecule has 0 saturated heterocycles. The number of fused-ring (bicyclic) bond motifs is 1. The summed E-state index contributed by atoms with van der Waals surface area (Å²) < 4.78 is 5.56. The first-order valence-corrected chi connectivity index (χ1v) is 7.27. The van der Waals surface area contributed by atoms with Crippen LogP contribution in [0.1, 0.15) is 19.3 Å². The fourth-order valence-electron chi connectivity index (χ4n) is 1.74. The van der Waals surface area contributed by atoms with Gasteiger partial charge in [-0.2, -0.15) is 0 Å². The molecule has 0 aliphatic heterocycles. The molecule has 19 heavy (non-hydrogen) atoms. The predicted octanol–water partition coefficient (Wildman–Crippen LogP) is 2.17. The van der Waals surface area contributed by atoms with Crippen LogP contribution in [0.4, 0.5) is 5.69 Å². The van der Waals surface area contributed by atoms with Crippen molar-refractivity contribution in [3.05, 3.63) is 18.2 Å². The average Bonchev–Trinajstić information content (AvgIpc) is 3.07. The van der Waals surface area contributed by atoms with E-state index in [9.17, 15) is 4.79 Å². The Balaban J connectivity index is 1.54. The van der Waals surface area contributed by atoms with E-state index >= 15 is 0 Å². The number of aromatic nitrogens is 1. The molecule has 1 aliphatic carbocycles. The summed E-state index contributed by atoms with van der Waals surface area (Å²) in [4.78, 5) is 15.8. The van der Waals surface area contributed by atoms with Gasteiger partial charge in [0.2, 0.25) is 5.91 Å². The molecule has 5 nitrogen and oxygen atoms in total. The van der Waals surface area contributed by atoms with Crippen LogP contribution < -0.4 is 11.1 Å². The van der Waals surface area contributed by atoms with Crippen molar-refractivity contribution < 1.29 is 9.21 Å². The number of amides is 1. The van der Waals surface area contributed by atoms with Crippen LogP contribution in [-0.4, -0.2) is 22.7 Å². The van der Waals surface area contributed by atoms with Gasteiger partial charge in [-0.3, -0.25) is 4.79 Å². The molecule has 1 heterocycles. The number of nitrogen functional groups attached to an aromatic ring is 1. The van der Waals surface area contributed by atoms with Crippen LogP contribution >= 0.6 is 11.8 Å². The third-order valence-electron chi connectivity index (χ3n) is 2.89. The second-order valence-corrected chi connectivity index (χ2v) is 5.69. The highest BCUT2D eigenvalue weighted by Gasteiger charge is 2.22. The van der Waals surface area contributed by atoms with Gasteiger partial charge in [0, 0.05) is 23.9 Å². The van der Waals surface area contributed by atoms with Crippen molar-refractivity contribution >= 4 is 34.5 Å². The van der Waals surface area contributed by atoms with Gasteiger partial charge >= 0.3 is 0 Å². The maximum Gasteiger partial charge on any atom is 0.256 e. The first-order valence-electron chi connectivity index (χ1n) is 6.29. The lowest BCUT2D eigenvalue weighted by molar-refractivity contribution is -0.120. The fourth-order valence-corrected chi connectivity index (χ4v) is 2.52. The van der Waals surface area contributed by atoms with Gasteiger partial charge in [-0.05, 0) is 31.0 Å². The maximum atomic E-state index is 11.5. The molecule has 3 N–H and O–H groups in total. The largest absolute Gasteiger partial charge is 0.431 e. The second kappa shape index (κ2) is 5.13. The number of carbonyl (C=O) groups is 1. The Morgan fingerprint density at radius 2 is 2.37 bits per heavy atom. The number of thioether (sulfide) groups is 1. The molecule has 1 aromatic carbocycles. The Hall–Kier alpha value is -1.69. The van der Waals surface area contributed by atoms with Crippen molar-refractivity contribution in [3.63, 3.8) is 0 Å². The molecule has 0 unspecified atom stereocenters. The van der Waals surface area contributed by atoms with Crippen LogP contribution in [0.25, 0.3) is 11.1 Å². The summed E-state index contributed by atoms with van der Waals surface area (Å²) in [6, 6.07) is 5.79. The van der Waals surface area contributed by atoms with Crippen LogP contribution in [0.15, 0.2) is 27.8 Å². The monoisotopic (exact) mass is 277 g/mol.